The van der Waals surface area contributed by atoms with E-state index in [1.165, 1.54) is 11.1 Å². The number of aryl methyl sites for hydroxylation is 1. The van der Waals surface area contributed by atoms with Crippen LogP contribution >= 0.6 is 24.0 Å². The Kier molecular flexibility index (Phi) is 11.3. The van der Waals surface area contributed by atoms with Gasteiger partial charge in [0.15, 0.2) is 5.96 Å². The summed E-state index contributed by atoms with van der Waals surface area (Å²) in [6.07, 6.45) is 0. The van der Waals surface area contributed by atoms with E-state index in [0.29, 0.717) is 12.1 Å². The summed E-state index contributed by atoms with van der Waals surface area (Å²) < 4.78 is 0. The van der Waals surface area contributed by atoms with Crippen molar-refractivity contribution >= 4 is 29.9 Å². The summed E-state index contributed by atoms with van der Waals surface area (Å²) in [7, 11) is 1.82. The molecule has 0 amide bonds. The molecule has 0 bridgehead atoms. The van der Waals surface area contributed by atoms with E-state index in [0.717, 1.165) is 25.6 Å². The Morgan fingerprint density at radius 1 is 1.09 bits per heavy atom. The summed E-state index contributed by atoms with van der Waals surface area (Å²) in [5, 5.41) is 6.78. The molecule has 0 fully saturated rings. The fourth-order valence-corrected chi connectivity index (χ4v) is 2.62. The summed E-state index contributed by atoms with van der Waals surface area (Å²) in [4.78, 5) is 6.77. The molecule has 0 aromatic heterocycles. The van der Waals surface area contributed by atoms with Gasteiger partial charge >= 0.3 is 0 Å². The average molecular weight is 432 g/mol. The van der Waals surface area contributed by atoms with Crippen LogP contribution in [0.15, 0.2) is 29.3 Å². The zero-order valence-electron chi connectivity index (χ0n) is 15.4. The molecule has 23 heavy (non-hydrogen) atoms. The maximum absolute atomic E-state index is 4.30. The first kappa shape index (κ1) is 22.2. The van der Waals surface area contributed by atoms with E-state index < -0.39 is 0 Å². The van der Waals surface area contributed by atoms with Gasteiger partial charge in [-0.25, -0.2) is 0 Å². The normalized spacial score (nSPS) is 11.8. The standard InChI is InChI=1S/C18H32N4.HI/c1-14(2)22(15(3)4)12-11-20-18(19-6)21-13-17-10-8-7-9-16(17)5;/h7-10,14-15H,11-13H2,1-6H3,(H2,19,20,21);1H. The Labute approximate surface area is 159 Å². The molecule has 132 valence electrons. The molecule has 0 heterocycles. The van der Waals surface area contributed by atoms with Gasteiger partial charge in [0.05, 0.1) is 0 Å². The number of hydrogen-bond donors (Lipinski definition) is 2. The van der Waals surface area contributed by atoms with Crippen LogP contribution in [0.4, 0.5) is 0 Å². The maximum Gasteiger partial charge on any atom is 0.191 e. The topological polar surface area (TPSA) is 39.7 Å². The molecule has 0 spiro atoms. The van der Waals surface area contributed by atoms with Crippen LogP contribution < -0.4 is 10.6 Å². The van der Waals surface area contributed by atoms with E-state index >= 15 is 0 Å². The van der Waals surface area contributed by atoms with E-state index in [1.807, 2.05) is 7.05 Å². The highest BCUT2D eigenvalue weighted by atomic mass is 127. The van der Waals surface area contributed by atoms with Crippen LogP contribution in [0.1, 0.15) is 38.8 Å². The SMILES string of the molecule is CN=C(NCCN(C(C)C)C(C)C)NCc1ccccc1C.I. The van der Waals surface area contributed by atoms with E-state index in [1.54, 1.807) is 0 Å². The molecule has 2 N–H and O–H groups in total. The van der Waals surface area contributed by atoms with Gasteiger partial charge in [-0.3, -0.25) is 9.89 Å². The highest BCUT2D eigenvalue weighted by Crippen LogP contribution is 2.06. The minimum atomic E-state index is 0. The first-order chi connectivity index (χ1) is 10.5. The minimum Gasteiger partial charge on any atom is -0.355 e. The van der Waals surface area contributed by atoms with Crippen molar-refractivity contribution in [2.24, 2.45) is 4.99 Å². The number of nitrogens with zero attached hydrogens (tertiary/aromatic N) is 2. The minimum absolute atomic E-state index is 0. The molecule has 0 saturated heterocycles. The number of hydrogen-bond acceptors (Lipinski definition) is 2. The monoisotopic (exact) mass is 432 g/mol. The van der Waals surface area contributed by atoms with Crippen LogP contribution in [-0.2, 0) is 6.54 Å². The van der Waals surface area contributed by atoms with E-state index in [2.05, 4.69) is 79.4 Å². The first-order valence-electron chi connectivity index (χ1n) is 8.20. The molecule has 4 nitrogen and oxygen atoms in total. The van der Waals surface area contributed by atoms with Crippen molar-refractivity contribution in [3.63, 3.8) is 0 Å². The van der Waals surface area contributed by atoms with Gasteiger partial charge in [-0.1, -0.05) is 24.3 Å². The number of guanidine groups is 1. The zero-order valence-corrected chi connectivity index (χ0v) is 17.7. The molecule has 0 saturated carbocycles. The summed E-state index contributed by atoms with van der Waals surface area (Å²) >= 11 is 0. The summed E-state index contributed by atoms with van der Waals surface area (Å²) in [6.45, 7) is 13.8. The Morgan fingerprint density at radius 3 is 2.22 bits per heavy atom. The maximum atomic E-state index is 4.30. The molecule has 1 aromatic carbocycles. The highest BCUT2D eigenvalue weighted by molar-refractivity contribution is 14.0. The molecule has 0 atom stereocenters. The van der Waals surface area contributed by atoms with Gasteiger partial charge in [0.25, 0.3) is 0 Å². The van der Waals surface area contributed by atoms with Gasteiger partial charge in [-0.2, -0.15) is 0 Å². The second-order valence-electron chi connectivity index (χ2n) is 6.20. The number of nitrogens with one attached hydrogen (secondary N) is 2. The fraction of sp³-hybridized carbons (Fsp3) is 0.611. The lowest BCUT2D eigenvalue weighted by Gasteiger charge is -2.30. The Hall–Kier alpha value is -0.820. The highest BCUT2D eigenvalue weighted by Gasteiger charge is 2.12. The number of rotatable bonds is 7. The largest absolute Gasteiger partial charge is 0.355 e. The van der Waals surface area contributed by atoms with E-state index in [4.69, 9.17) is 0 Å². The van der Waals surface area contributed by atoms with Crippen LogP contribution in [0.3, 0.4) is 0 Å². The first-order valence-corrected chi connectivity index (χ1v) is 8.20. The number of halogens is 1. The summed E-state index contributed by atoms with van der Waals surface area (Å²) in [5.41, 5.74) is 2.60. The average Bonchev–Trinajstić information content (AvgIpc) is 2.47. The Balaban J connectivity index is 0.00000484. The van der Waals surface area contributed by atoms with Crippen molar-refractivity contribution in [3.05, 3.63) is 35.4 Å². The third kappa shape index (κ3) is 8.01. The van der Waals surface area contributed by atoms with Gasteiger partial charge < -0.3 is 10.6 Å². The molecule has 0 aliphatic heterocycles. The molecule has 1 aromatic rings. The molecular formula is C18H33IN4. The third-order valence-electron chi connectivity index (χ3n) is 3.92. The van der Waals surface area contributed by atoms with Crippen LogP contribution in [0, 0.1) is 6.92 Å². The van der Waals surface area contributed by atoms with Crippen molar-refractivity contribution in [1.82, 2.24) is 15.5 Å². The third-order valence-corrected chi connectivity index (χ3v) is 3.92. The van der Waals surface area contributed by atoms with Crippen molar-refractivity contribution in [2.75, 3.05) is 20.1 Å². The van der Waals surface area contributed by atoms with Crippen molar-refractivity contribution in [1.29, 1.82) is 0 Å². The Morgan fingerprint density at radius 2 is 1.70 bits per heavy atom. The van der Waals surface area contributed by atoms with Gasteiger partial charge in [0.1, 0.15) is 0 Å². The van der Waals surface area contributed by atoms with Crippen LogP contribution in [0.2, 0.25) is 0 Å². The second kappa shape index (κ2) is 11.7. The lowest BCUT2D eigenvalue weighted by molar-refractivity contribution is 0.178. The lowest BCUT2D eigenvalue weighted by atomic mass is 10.1. The van der Waals surface area contributed by atoms with Crippen LogP contribution in [-0.4, -0.2) is 43.1 Å². The Bertz CT molecular complexity index is 464. The van der Waals surface area contributed by atoms with Crippen molar-refractivity contribution < 1.29 is 0 Å². The van der Waals surface area contributed by atoms with Crippen molar-refractivity contribution in [3.8, 4) is 0 Å². The molecular weight excluding hydrogens is 399 g/mol. The molecule has 0 radical (unpaired) electrons. The molecule has 0 aliphatic rings. The second-order valence-corrected chi connectivity index (χ2v) is 6.20. The van der Waals surface area contributed by atoms with Gasteiger partial charge in [-0.05, 0) is 45.7 Å². The van der Waals surface area contributed by atoms with Crippen molar-refractivity contribution in [2.45, 2.75) is 53.2 Å². The molecule has 0 aliphatic carbocycles. The van der Waals surface area contributed by atoms with E-state index in [-0.39, 0.29) is 24.0 Å². The smallest absolute Gasteiger partial charge is 0.191 e. The molecule has 0 unspecified atom stereocenters. The predicted molar refractivity (Wildman–Crippen MR) is 112 cm³/mol. The number of benzene rings is 1. The molecule has 1 rings (SSSR count). The number of aliphatic imine (C=N–C) groups is 1. The van der Waals surface area contributed by atoms with E-state index in [9.17, 15) is 0 Å². The summed E-state index contributed by atoms with van der Waals surface area (Å²) in [5.74, 6) is 0.857. The quantitative estimate of drug-likeness (QED) is 0.394. The predicted octanol–water partition coefficient (Wildman–Crippen LogP) is 3.40. The molecule has 5 heteroatoms. The summed E-state index contributed by atoms with van der Waals surface area (Å²) in [6, 6.07) is 9.54. The van der Waals surface area contributed by atoms with Gasteiger partial charge in [-0.15, -0.1) is 24.0 Å². The van der Waals surface area contributed by atoms with Crippen LogP contribution in [0.5, 0.6) is 0 Å². The fourth-order valence-electron chi connectivity index (χ4n) is 2.62. The van der Waals surface area contributed by atoms with Crippen LogP contribution in [0.25, 0.3) is 0 Å². The zero-order chi connectivity index (χ0) is 16.5. The lowest BCUT2D eigenvalue weighted by Crippen LogP contribution is -2.45. The van der Waals surface area contributed by atoms with Gasteiger partial charge in [0.2, 0.25) is 0 Å². The van der Waals surface area contributed by atoms with Gasteiger partial charge in [0, 0.05) is 38.8 Å².